The fraction of sp³-hybridized carbons (Fsp3) is 0.400. The molecule has 0 spiro atoms. The van der Waals surface area contributed by atoms with E-state index in [-0.39, 0.29) is 0 Å². The Kier molecular flexibility index (Phi) is 1.20. The van der Waals surface area contributed by atoms with Crippen molar-refractivity contribution in [3.05, 3.63) is 18.7 Å². The molecule has 0 N–H and O–H groups in total. The van der Waals surface area contributed by atoms with Crippen LogP contribution in [0.25, 0.3) is 0 Å². The first-order chi connectivity index (χ1) is 3.80. The number of rotatable bonds is 1. The van der Waals surface area contributed by atoms with Gasteiger partial charge in [-0.15, -0.1) is 0 Å². The lowest BCUT2D eigenvalue weighted by atomic mass is 10.9. The van der Waals surface area contributed by atoms with Crippen LogP contribution in [0.4, 0.5) is 0 Å². The smallest absolute Gasteiger partial charge is 0.114 e. The van der Waals surface area contributed by atoms with Crippen LogP contribution in [0, 0.1) is 0 Å². The van der Waals surface area contributed by atoms with E-state index in [2.05, 4.69) is 4.98 Å². The molecule has 1 aromatic rings. The fourth-order valence-electron chi connectivity index (χ4n) is 0.489. The second-order valence-corrected chi connectivity index (χ2v) is 1.79. The van der Waals surface area contributed by atoms with Crippen LogP contribution >= 0.6 is 0 Å². The predicted molar refractivity (Wildman–Crippen MR) is 32.3 cm³/mol. The minimum atomic E-state index is 1.75. The van der Waals surface area contributed by atoms with Crippen molar-refractivity contribution >= 4 is 0 Å². The second-order valence-electron chi connectivity index (χ2n) is 1.79. The minimum absolute atomic E-state index is 1.75. The summed E-state index contributed by atoms with van der Waals surface area (Å²) >= 11 is 0. The second kappa shape index (κ2) is 1.86. The molecular weight excluding hydrogens is 102 g/mol. The maximum atomic E-state index is 3.86. The zero-order valence-electron chi connectivity index (χ0n) is 5.07. The highest BCUT2D eigenvalue weighted by Gasteiger charge is 1.84. The van der Waals surface area contributed by atoms with E-state index in [9.17, 15) is 0 Å². The largest absolute Gasteiger partial charge is 0.318 e. The molecule has 0 saturated heterocycles. The van der Waals surface area contributed by atoms with Crippen molar-refractivity contribution in [2.45, 2.75) is 0 Å². The first kappa shape index (κ1) is 5.15. The normalized spacial score (nSPS) is 9.25. The number of hydrogen-bond donors (Lipinski definition) is 0. The summed E-state index contributed by atoms with van der Waals surface area (Å²) in [5.41, 5.74) is 0. The molecule has 1 rings (SSSR count). The lowest BCUT2D eigenvalue weighted by Crippen LogP contribution is -2.22. The van der Waals surface area contributed by atoms with E-state index in [1.165, 1.54) is 0 Å². The quantitative estimate of drug-likeness (QED) is 0.511. The maximum Gasteiger partial charge on any atom is 0.114 e. The maximum absolute atomic E-state index is 3.86. The highest BCUT2D eigenvalue weighted by molar-refractivity contribution is 4.81. The molecule has 0 aromatic carbocycles. The van der Waals surface area contributed by atoms with E-state index in [0.717, 1.165) is 0 Å². The van der Waals surface area contributed by atoms with Crippen molar-refractivity contribution in [2.24, 2.45) is 0 Å². The van der Waals surface area contributed by atoms with Gasteiger partial charge in [0.15, 0.2) is 0 Å². The molecule has 1 aromatic heterocycles. The summed E-state index contributed by atoms with van der Waals surface area (Å²) in [5, 5.41) is 1.94. The number of imidazole rings is 1. The van der Waals surface area contributed by atoms with Gasteiger partial charge in [-0.3, -0.25) is 4.68 Å². The van der Waals surface area contributed by atoms with Gasteiger partial charge in [0.25, 0.3) is 0 Å². The van der Waals surface area contributed by atoms with Crippen LogP contribution in [0.3, 0.4) is 0 Å². The van der Waals surface area contributed by atoms with Gasteiger partial charge < -0.3 is 5.01 Å². The molecule has 0 aliphatic rings. The van der Waals surface area contributed by atoms with E-state index < -0.39 is 0 Å². The highest BCUT2D eigenvalue weighted by Crippen LogP contribution is 1.81. The molecular formula is C5H9N3. The highest BCUT2D eigenvalue weighted by atomic mass is 15.5. The van der Waals surface area contributed by atoms with Gasteiger partial charge in [0.1, 0.15) is 6.33 Å². The van der Waals surface area contributed by atoms with Crippen LogP contribution in [0.2, 0.25) is 0 Å². The lowest BCUT2D eigenvalue weighted by molar-refractivity contribution is 0.730. The summed E-state index contributed by atoms with van der Waals surface area (Å²) in [7, 11) is 3.92. The molecule has 0 unspecified atom stereocenters. The average molecular weight is 111 g/mol. The van der Waals surface area contributed by atoms with Gasteiger partial charge in [0, 0.05) is 26.5 Å². The summed E-state index contributed by atoms with van der Waals surface area (Å²) in [6, 6.07) is 0. The lowest BCUT2D eigenvalue weighted by Gasteiger charge is -2.11. The first-order valence-electron chi connectivity index (χ1n) is 2.46. The summed E-state index contributed by atoms with van der Waals surface area (Å²) in [4.78, 5) is 3.86. The van der Waals surface area contributed by atoms with E-state index in [4.69, 9.17) is 0 Å². The van der Waals surface area contributed by atoms with Gasteiger partial charge in [0.05, 0.1) is 0 Å². The van der Waals surface area contributed by atoms with Gasteiger partial charge in [-0.25, -0.2) is 4.98 Å². The average Bonchev–Trinajstić information content (AvgIpc) is 2.12. The van der Waals surface area contributed by atoms with Gasteiger partial charge in [-0.05, 0) is 0 Å². The SMILES string of the molecule is CN(C)n1ccnc1. The van der Waals surface area contributed by atoms with Crippen molar-refractivity contribution in [3.8, 4) is 0 Å². The zero-order valence-corrected chi connectivity index (χ0v) is 5.07. The molecule has 0 atom stereocenters. The topological polar surface area (TPSA) is 21.1 Å². The van der Waals surface area contributed by atoms with Gasteiger partial charge in [-0.2, -0.15) is 0 Å². The number of hydrogen-bond acceptors (Lipinski definition) is 2. The van der Waals surface area contributed by atoms with E-state index in [0.29, 0.717) is 0 Å². The van der Waals surface area contributed by atoms with Crippen LogP contribution in [0.5, 0.6) is 0 Å². The van der Waals surface area contributed by atoms with Crippen molar-refractivity contribution in [2.75, 3.05) is 19.1 Å². The molecule has 0 fully saturated rings. The Labute approximate surface area is 48.5 Å². The molecule has 44 valence electrons. The Morgan fingerprint density at radius 2 is 2.25 bits per heavy atom. The van der Waals surface area contributed by atoms with Crippen LogP contribution in [0.1, 0.15) is 0 Å². The summed E-state index contributed by atoms with van der Waals surface area (Å²) < 4.78 is 1.89. The third kappa shape index (κ3) is 0.804. The molecule has 0 aliphatic carbocycles. The van der Waals surface area contributed by atoms with Crippen molar-refractivity contribution < 1.29 is 0 Å². The van der Waals surface area contributed by atoms with E-state index in [1.807, 2.05) is 30.0 Å². The first-order valence-corrected chi connectivity index (χ1v) is 2.46. The molecule has 0 radical (unpaired) electrons. The summed E-state index contributed by atoms with van der Waals surface area (Å²) in [6.07, 6.45) is 5.39. The Morgan fingerprint density at radius 1 is 1.50 bits per heavy atom. The van der Waals surface area contributed by atoms with Crippen LogP contribution in [-0.4, -0.2) is 23.8 Å². The van der Waals surface area contributed by atoms with E-state index in [1.54, 1.807) is 12.5 Å². The minimum Gasteiger partial charge on any atom is -0.318 e. The Hall–Kier alpha value is -0.990. The van der Waals surface area contributed by atoms with Crippen molar-refractivity contribution in [3.63, 3.8) is 0 Å². The van der Waals surface area contributed by atoms with Crippen molar-refractivity contribution in [1.29, 1.82) is 0 Å². The van der Waals surface area contributed by atoms with E-state index >= 15 is 0 Å². The number of nitrogens with zero attached hydrogens (tertiary/aromatic N) is 3. The fourth-order valence-corrected chi connectivity index (χ4v) is 0.489. The predicted octanol–water partition coefficient (Wildman–Crippen LogP) is 0.0807. The van der Waals surface area contributed by atoms with Crippen LogP contribution in [-0.2, 0) is 0 Å². The Bertz CT molecular complexity index is 143. The third-order valence-corrected chi connectivity index (χ3v) is 0.952. The molecule has 1 heterocycles. The number of aromatic nitrogens is 2. The molecule has 0 amide bonds. The summed E-state index contributed by atoms with van der Waals surface area (Å²) in [6.45, 7) is 0. The van der Waals surface area contributed by atoms with Crippen molar-refractivity contribution in [1.82, 2.24) is 9.66 Å². The molecule has 3 nitrogen and oxygen atoms in total. The molecule has 0 bridgehead atoms. The Morgan fingerprint density at radius 3 is 2.50 bits per heavy atom. The standard InChI is InChI=1S/C5H9N3/c1-7(2)8-4-3-6-5-8/h3-5H,1-2H3. The monoisotopic (exact) mass is 111 g/mol. The Balaban J connectivity index is 2.77. The molecule has 8 heavy (non-hydrogen) atoms. The molecule has 0 saturated carbocycles. The van der Waals surface area contributed by atoms with Gasteiger partial charge >= 0.3 is 0 Å². The van der Waals surface area contributed by atoms with Crippen LogP contribution < -0.4 is 5.01 Å². The third-order valence-electron chi connectivity index (χ3n) is 0.952. The molecule has 0 aliphatic heterocycles. The zero-order chi connectivity index (χ0) is 5.98. The van der Waals surface area contributed by atoms with Crippen LogP contribution in [0.15, 0.2) is 18.7 Å². The summed E-state index contributed by atoms with van der Waals surface area (Å²) in [5.74, 6) is 0. The van der Waals surface area contributed by atoms with Gasteiger partial charge in [-0.1, -0.05) is 0 Å². The molecule has 3 heteroatoms. The van der Waals surface area contributed by atoms with Gasteiger partial charge in [0.2, 0.25) is 0 Å².